The lowest BCUT2D eigenvalue weighted by Gasteiger charge is -2.13. The molecule has 1 fully saturated rings. The molecule has 1 heterocycles. The minimum Gasteiger partial charge on any atom is -0.490 e. The summed E-state index contributed by atoms with van der Waals surface area (Å²) in [4.78, 5) is 16.5. The predicted molar refractivity (Wildman–Crippen MR) is 117 cm³/mol. The number of anilines is 2. The van der Waals surface area contributed by atoms with E-state index in [0.717, 1.165) is 18.6 Å². The highest BCUT2D eigenvalue weighted by atomic mass is 32.2. The van der Waals surface area contributed by atoms with Gasteiger partial charge in [0.2, 0.25) is 0 Å². The Morgan fingerprint density at radius 2 is 1.73 bits per heavy atom. The molecule has 0 atom stereocenters. The van der Waals surface area contributed by atoms with E-state index in [1.807, 2.05) is 0 Å². The monoisotopic (exact) mass is 443 g/mol. The van der Waals surface area contributed by atoms with Gasteiger partial charge in [-0.2, -0.15) is 0 Å². The van der Waals surface area contributed by atoms with Crippen molar-refractivity contribution in [3.8, 4) is 5.75 Å². The Kier molecular flexibility index (Phi) is 6.01. The number of nitrogens with one attached hydrogen (secondary N) is 2. The van der Waals surface area contributed by atoms with Gasteiger partial charge < -0.3 is 10.1 Å². The summed E-state index contributed by atoms with van der Waals surface area (Å²) in [6, 6.07) is 13.0. The Hall–Kier alpha value is -2.91. The second kappa shape index (κ2) is 8.85. The van der Waals surface area contributed by atoms with Crippen LogP contribution in [0.15, 0.2) is 65.0 Å². The first-order valence-electron chi connectivity index (χ1n) is 9.60. The maximum atomic E-state index is 12.5. The van der Waals surface area contributed by atoms with Gasteiger partial charge in [-0.3, -0.25) is 9.52 Å². The van der Waals surface area contributed by atoms with Crippen LogP contribution in [-0.4, -0.2) is 25.4 Å². The van der Waals surface area contributed by atoms with Crippen LogP contribution in [0.25, 0.3) is 0 Å². The molecule has 1 saturated carbocycles. The molecule has 0 unspecified atom stereocenters. The minimum atomic E-state index is -3.72. The SMILES string of the molecule is O=C(Nc1ccc(S(=O)(=O)Nc2nccs2)cc1)c1ccc(OC2CCCC2)cc1. The maximum absolute atomic E-state index is 12.5. The second-order valence-corrected chi connectivity index (χ2v) is 9.55. The van der Waals surface area contributed by atoms with E-state index in [1.54, 1.807) is 41.8 Å². The number of benzene rings is 2. The third-order valence-corrected chi connectivity index (χ3v) is 6.97. The van der Waals surface area contributed by atoms with Gasteiger partial charge in [0.25, 0.3) is 15.9 Å². The van der Waals surface area contributed by atoms with Gasteiger partial charge in [0.05, 0.1) is 11.0 Å². The van der Waals surface area contributed by atoms with Crippen molar-refractivity contribution >= 4 is 38.1 Å². The summed E-state index contributed by atoms with van der Waals surface area (Å²) < 4.78 is 33.1. The molecule has 0 spiro atoms. The Morgan fingerprint density at radius 1 is 1.03 bits per heavy atom. The van der Waals surface area contributed by atoms with E-state index in [9.17, 15) is 13.2 Å². The van der Waals surface area contributed by atoms with E-state index in [1.165, 1.54) is 42.5 Å². The largest absolute Gasteiger partial charge is 0.490 e. The number of amides is 1. The van der Waals surface area contributed by atoms with Gasteiger partial charge in [-0.05, 0) is 74.2 Å². The predicted octanol–water partition coefficient (Wildman–Crippen LogP) is 4.52. The van der Waals surface area contributed by atoms with E-state index in [4.69, 9.17) is 4.74 Å². The summed E-state index contributed by atoms with van der Waals surface area (Å²) >= 11 is 1.20. The highest BCUT2D eigenvalue weighted by Crippen LogP contribution is 2.24. The lowest BCUT2D eigenvalue weighted by Crippen LogP contribution is -2.14. The summed E-state index contributed by atoms with van der Waals surface area (Å²) in [5.74, 6) is 0.486. The van der Waals surface area contributed by atoms with Crippen molar-refractivity contribution < 1.29 is 17.9 Å². The summed E-state index contributed by atoms with van der Waals surface area (Å²) in [6.07, 6.45) is 6.35. The van der Waals surface area contributed by atoms with Gasteiger partial charge in [0.1, 0.15) is 5.75 Å². The molecule has 2 aromatic carbocycles. The lowest BCUT2D eigenvalue weighted by molar-refractivity contribution is 0.102. The van der Waals surface area contributed by atoms with Crippen molar-refractivity contribution in [2.24, 2.45) is 0 Å². The molecule has 1 aromatic heterocycles. The van der Waals surface area contributed by atoms with Crippen LogP contribution in [0, 0.1) is 0 Å². The third-order valence-electron chi connectivity index (χ3n) is 4.80. The first-order valence-corrected chi connectivity index (χ1v) is 12.0. The molecular weight excluding hydrogens is 422 g/mol. The fraction of sp³-hybridized carbons (Fsp3) is 0.238. The summed E-state index contributed by atoms with van der Waals surface area (Å²) in [5.41, 5.74) is 0.996. The molecule has 1 amide bonds. The normalized spacial score (nSPS) is 14.4. The zero-order valence-electron chi connectivity index (χ0n) is 16.1. The van der Waals surface area contributed by atoms with Crippen molar-refractivity contribution in [3.05, 3.63) is 65.7 Å². The molecule has 156 valence electrons. The molecule has 4 rings (SSSR count). The van der Waals surface area contributed by atoms with E-state index in [-0.39, 0.29) is 16.9 Å². The Labute approximate surface area is 179 Å². The van der Waals surface area contributed by atoms with Gasteiger partial charge in [0, 0.05) is 22.8 Å². The zero-order chi connectivity index (χ0) is 21.0. The van der Waals surface area contributed by atoms with Crippen LogP contribution in [0.2, 0.25) is 0 Å². The van der Waals surface area contributed by atoms with Gasteiger partial charge in [-0.1, -0.05) is 0 Å². The fourth-order valence-corrected chi connectivity index (χ4v) is 5.04. The first kappa shape index (κ1) is 20.4. The Morgan fingerprint density at radius 3 is 2.37 bits per heavy atom. The number of ether oxygens (including phenoxy) is 1. The van der Waals surface area contributed by atoms with Crippen LogP contribution >= 0.6 is 11.3 Å². The van der Waals surface area contributed by atoms with Crippen molar-refractivity contribution in [1.29, 1.82) is 0 Å². The fourth-order valence-electron chi connectivity index (χ4n) is 3.25. The molecule has 7 nitrogen and oxygen atoms in total. The number of hydrogen-bond acceptors (Lipinski definition) is 6. The molecule has 0 bridgehead atoms. The molecular formula is C21H21N3O4S2. The van der Waals surface area contributed by atoms with Crippen LogP contribution in [0.3, 0.4) is 0 Å². The lowest BCUT2D eigenvalue weighted by atomic mass is 10.2. The average molecular weight is 444 g/mol. The molecule has 2 N–H and O–H groups in total. The molecule has 9 heteroatoms. The highest BCUT2D eigenvalue weighted by molar-refractivity contribution is 7.93. The van der Waals surface area contributed by atoms with Crippen LogP contribution < -0.4 is 14.8 Å². The standard InChI is InChI=1S/C21H21N3O4S2/c25-20(15-5-9-18(10-6-15)28-17-3-1-2-4-17)23-16-7-11-19(12-8-16)30(26,27)24-21-22-13-14-29-21/h5-14,17H,1-4H2,(H,22,24)(H,23,25). The molecule has 0 saturated heterocycles. The average Bonchev–Trinajstić information content (AvgIpc) is 3.43. The van der Waals surface area contributed by atoms with E-state index < -0.39 is 10.0 Å². The molecule has 1 aliphatic carbocycles. The zero-order valence-corrected chi connectivity index (χ0v) is 17.7. The maximum Gasteiger partial charge on any atom is 0.263 e. The third kappa shape index (κ3) is 4.98. The number of carbonyl (C=O) groups excluding carboxylic acids is 1. The van der Waals surface area contributed by atoms with Gasteiger partial charge in [0.15, 0.2) is 5.13 Å². The van der Waals surface area contributed by atoms with E-state index in [0.29, 0.717) is 16.4 Å². The molecule has 1 aliphatic rings. The topological polar surface area (TPSA) is 97.4 Å². The second-order valence-electron chi connectivity index (χ2n) is 6.97. The van der Waals surface area contributed by atoms with E-state index in [2.05, 4.69) is 15.0 Å². The Balaban J connectivity index is 1.37. The van der Waals surface area contributed by atoms with Crippen molar-refractivity contribution in [1.82, 2.24) is 4.98 Å². The Bertz CT molecular complexity index is 1090. The number of nitrogens with zero attached hydrogens (tertiary/aromatic N) is 1. The van der Waals surface area contributed by atoms with Crippen LogP contribution in [0.5, 0.6) is 5.75 Å². The van der Waals surface area contributed by atoms with Gasteiger partial charge >= 0.3 is 0 Å². The number of thiazole rings is 1. The number of hydrogen-bond donors (Lipinski definition) is 2. The number of carbonyl (C=O) groups is 1. The molecule has 30 heavy (non-hydrogen) atoms. The van der Waals surface area contributed by atoms with Crippen molar-refractivity contribution in [2.75, 3.05) is 10.0 Å². The van der Waals surface area contributed by atoms with Gasteiger partial charge in [-0.25, -0.2) is 13.4 Å². The van der Waals surface area contributed by atoms with Crippen LogP contribution in [0.1, 0.15) is 36.0 Å². The van der Waals surface area contributed by atoms with Crippen molar-refractivity contribution in [2.45, 2.75) is 36.7 Å². The minimum absolute atomic E-state index is 0.0871. The van der Waals surface area contributed by atoms with Crippen molar-refractivity contribution in [3.63, 3.8) is 0 Å². The number of rotatable bonds is 7. The number of sulfonamides is 1. The highest BCUT2D eigenvalue weighted by Gasteiger charge is 2.17. The smallest absolute Gasteiger partial charge is 0.263 e. The summed E-state index contributed by atoms with van der Waals surface area (Å²) in [5, 5.41) is 4.75. The summed E-state index contributed by atoms with van der Waals surface area (Å²) in [6.45, 7) is 0. The van der Waals surface area contributed by atoms with Crippen LogP contribution in [0.4, 0.5) is 10.8 Å². The van der Waals surface area contributed by atoms with Crippen LogP contribution in [-0.2, 0) is 10.0 Å². The summed E-state index contributed by atoms with van der Waals surface area (Å²) in [7, 11) is -3.72. The van der Waals surface area contributed by atoms with Gasteiger partial charge in [-0.15, -0.1) is 11.3 Å². The molecule has 0 aliphatic heterocycles. The number of aromatic nitrogens is 1. The van der Waals surface area contributed by atoms with E-state index >= 15 is 0 Å². The molecule has 3 aromatic rings. The first-order chi connectivity index (χ1) is 14.5. The quantitative estimate of drug-likeness (QED) is 0.560. The molecule has 0 radical (unpaired) electrons.